The van der Waals surface area contributed by atoms with Crippen molar-refractivity contribution in [3.8, 4) is 0 Å². The lowest BCUT2D eigenvalue weighted by molar-refractivity contribution is -0.130. The molecule has 0 aliphatic carbocycles. The average molecular weight is 283 g/mol. The fourth-order valence-electron chi connectivity index (χ4n) is 1.92. The minimum atomic E-state index is -2.97. The van der Waals surface area contributed by atoms with Gasteiger partial charge in [0.2, 0.25) is 5.91 Å². The fourth-order valence-corrected chi connectivity index (χ4v) is 3.80. The van der Waals surface area contributed by atoms with E-state index in [1.165, 1.54) is 0 Å². The van der Waals surface area contributed by atoms with E-state index in [4.69, 9.17) is 11.6 Å². The van der Waals surface area contributed by atoms with Crippen molar-refractivity contribution in [1.82, 2.24) is 9.80 Å². The van der Waals surface area contributed by atoms with E-state index in [1.54, 1.807) is 4.90 Å². The summed E-state index contributed by atoms with van der Waals surface area (Å²) in [5.41, 5.74) is 0. The Morgan fingerprint density at radius 3 is 2.41 bits per heavy atom. The van der Waals surface area contributed by atoms with Crippen LogP contribution in [-0.4, -0.2) is 74.7 Å². The maximum Gasteiger partial charge on any atom is 0.237 e. The molecule has 1 aliphatic rings. The first-order valence-corrected chi connectivity index (χ1v) is 7.92. The van der Waals surface area contributed by atoms with Gasteiger partial charge in [0, 0.05) is 19.1 Å². The SMILES string of the molecule is CN(C)CCN(C(=O)CCl)[C@H]1CCS(=O)(=O)C1. The first kappa shape index (κ1) is 14.7. The van der Waals surface area contributed by atoms with Gasteiger partial charge in [0.05, 0.1) is 11.5 Å². The molecule has 1 saturated heterocycles. The summed E-state index contributed by atoms with van der Waals surface area (Å²) in [6.07, 6.45) is 0.526. The van der Waals surface area contributed by atoms with Crippen molar-refractivity contribution in [3.63, 3.8) is 0 Å². The monoisotopic (exact) mass is 282 g/mol. The number of alkyl halides is 1. The van der Waals surface area contributed by atoms with E-state index in [0.717, 1.165) is 0 Å². The normalized spacial score (nSPS) is 22.9. The number of amides is 1. The van der Waals surface area contributed by atoms with Crippen molar-refractivity contribution in [2.24, 2.45) is 0 Å². The zero-order valence-corrected chi connectivity index (χ0v) is 11.8. The Bertz CT molecular complexity index is 370. The van der Waals surface area contributed by atoms with E-state index in [0.29, 0.717) is 19.5 Å². The van der Waals surface area contributed by atoms with Crippen molar-refractivity contribution in [2.45, 2.75) is 12.5 Å². The third-order valence-electron chi connectivity index (χ3n) is 2.87. The van der Waals surface area contributed by atoms with E-state index in [-0.39, 0.29) is 29.3 Å². The van der Waals surface area contributed by atoms with Crippen LogP contribution in [0.3, 0.4) is 0 Å². The number of hydrogen-bond donors (Lipinski definition) is 0. The van der Waals surface area contributed by atoms with Crippen LogP contribution in [0.15, 0.2) is 0 Å². The van der Waals surface area contributed by atoms with Gasteiger partial charge in [0.1, 0.15) is 5.88 Å². The molecule has 0 saturated carbocycles. The molecule has 0 unspecified atom stereocenters. The molecular weight excluding hydrogens is 264 g/mol. The Morgan fingerprint density at radius 1 is 1.35 bits per heavy atom. The van der Waals surface area contributed by atoms with Crippen LogP contribution in [0.25, 0.3) is 0 Å². The van der Waals surface area contributed by atoms with Crippen LogP contribution in [0, 0.1) is 0 Å². The topological polar surface area (TPSA) is 57.7 Å². The number of nitrogens with zero attached hydrogens (tertiary/aromatic N) is 2. The molecule has 1 fully saturated rings. The van der Waals surface area contributed by atoms with Gasteiger partial charge < -0.3 is 9.80 Å². The second-order valence-electron chi connectivity index (χ2n) is 4.58. The Morgan fingerprint density at radius 2 is 2.00 bits per heavy atom. The highest BCUT2D eigenvalue weighted by Crippen LogP contribution is 2.18. The Hall–Kier alpha value is -0.330. The molecule has 7 heteroatoms. The summed E-state index contributed by atoms with van der Waals surface area (Å²) in [5, 5.41) is 0. The number of sulfone groups is 1. The van der Waals surface area contributed by atoms with Gasteiger partial charge >= 0.3 is 0 Å². The molecule has 1 amide bonds. The molecule has 5 nitrogen and oxygen atoms in total. The molecule has 0 aromatic carbocycles. The smallest absolute Gasteiger partial charge is 0.237 e. The molecule has 1 rings (SSSR count). The van der Waals surface area contributed by atoms with Crippen molar-refractivity contribution in [2.75, 3.05) is 44.6 Å². The standard InChI is InChI=1S/C10H19ClN2O3S/c1-12(2)4-5-13(10(14)7-11)9-3-6-17(15,16)8-9/h9H,3-8H2,1-2H3/t9-/m0/s1. The van der Waals surface area contributed by atoms with Crippen molar-refractivity contribution in [1.29, 1.82) is 0 Å². The average Bonchev–Trinajstić information content (AvgIpc) is 2.58. The fraction of sp³-hybridized carbons (Fsp3) is 0.900. The zero-order chi connectivity index (χ0) is 13.1. The summed E-state index contributed by atoms with van der Waals surface area (Å²) in [7, 11) is 0.852. The summed E-state index contributed by atoms with van der Waals surface area (Å²) in [6, 6.07) is -0.203. The predicted molar refractivity (Wildman–Crippen MR) is 68.0 cm³/mol. The molecule has 100 valence electrons. The highest BCUT2D eigenvalue weighted by molar-refractivity contribution is 7.91. The summed E-state index contributed by atoms with van der Waals surface area (Å²) in [5.74, 6) is -0.0331. The number of halogens is 1. The molecule has 1 atom stereocenters. The van der Waals surface area contributed by atoms with Crippen molar-refractivity contribution >= 4 is 27.3 Å². The third kappa shape index (κ3) is 4.44. The van der Waals surface area contributed by atoms with Gasteiger partial charge in [-0.25, -0.2) is 8.42 Å². The van der Waals surface area contributed by atoms with Gasteiger partial charge in [-0.15, -0.1) is 11.6 Å². The molecule has 0 aromatic rings. The molecule has 1 aliphatic heterocycles. The number of likely N-dealkylation sites (N-methyl/N-ethyl adjacent to an activating group) is 1. The molecule has 17 heavy (non-hydrogen) atoms. The molecular formula is C10H19ClN2O3S. The van der Waals surface area contributed by atoms with Gasteiger partial charge in [-0.3, -0.25) is 4.79 Å². The second kappa shape index (κ2) is 6.02. The highest BCUT2D eigenvalue weighted by atomic mass is 35.5. The Labute approximate surface area is 108 Å². The summed E-state index contributed by atoms with van der Waals surface area (Å²) in [4.78, 5) is 15.3. The number of carbonyl (C=O) groups is 1. The lowest BCUT2D eigenvalue weighted by Crippen LogP contribution is -2.45. The highest BCUT2D eigenvalue weighted by Gasteiger charge is 2.34. The van der Waals surface area contributed by atoms with Crippen LogP contribution in [0.2, 0.25) is 0 Å². The first-order valence-electron chi connectivity index (χ1n) is 5.56. The Balaban J connectivity index is 2.67. The van der Waals surface area contributed by atoms with Gasteiger partial charge in [0.25, 0.3) is 0 Å². The first-order chi connectivity index (χ1) is 7.85. The maximum absolute atomic E-state index is 11.7. The molecule has 0 bridgehead atoms. The molecule has 0 spiro atoms. The van der Waals surface area contributed by atoms with E-state index < -0.39 is 9.84 Å². The predicted octanol–water partition coefficient (Wildman–Crippen LogP) is -0.197. The summed E-state index contributed by atoms with van der Waals surface area (Å²) < 4.78 is 22.8. The third-order valence-corrected chi connectivity index (χ3v) is 4.85. The second-order valence-corrected chi connectivity index (χ2v) is 7.08. The van der Waals surface area contributed by atoms with E-state index >= 15 is 0 Å². The lowest BCUT2D eigenvalue weighted by Gasteiger charge is -2.28. The quantitative estimate of drug-likeness (QED) is 0.656. The van der Waals surface area contributed by atoms with Crippen LogP contribution in [-0.2, 0) is 14.6 Å². The van der Waals surface area contributed by atoms with Crippen LogP contribution in [0.5, 0.6) is 0 Å². The zero-order valence-electron chi connectivity index (χ0n) is 10.2. The Kier molecular flexibility index (Phi) is 5.22. The van der Waals surface area contributed by atoms with E-state index in [2.05, 4.69) is 0 Å². The van der Waals surface area contributed by atoms with E-state index in [1.807, 2.05) is 19.0 Å². The number of carbonyl (C=O) groups excluding carboxylic acids is 1. The van der Waals surface area contributed by atoms with Crippen LogP contribution >= 0.6 is 11.6 Å². The van der Waals surface area contributed by atoms with Gasteiger partial charge in [-0.05, 0) is 20.5 Å². The maximum atomic E-state index is 11.7. The van der Waals surface area contributed by atoms with Gasteiger partial charge in [0.15, 0.2) is 9.84 Å². The largest absolute Gasteiger partial charge is 0.336 e. The van der Waals surface area contributed by atoms with E-state index in [9.17, 15) is 13.2 Å². The van der Waals surface area contributed by atoms with Crippen LogP contribution < -0.4 is 0 Å². The van der Waals surface area contributed by atoms with Crippen LogP contribution in [0.4, 0.5) is 0 Å². The number of rotatable bonds is 5. The minimum Gasteiger partial charge on any atom is -0.336 e. The summed E-state index contributed by atoms with van der Waals surface area (Å²) >= 11 is 5.56. The summed E-state index contributed by atoms with van der Waals surface area (Å²) in [6.45, 7) is 1.23. The van der Waals surface area contributed by atoms with Gasteiger partial charge in [-0.2, -0.15) is 0 Å². The lowest BCUT2D eigenvalue weighted by atomic mass is 10.2. The molecule has 0 radical (unpaired) electrons. The molecule has 0 aromatic heterocycles. The van der Waals surface area contributed by atoms with Crippen molar-refractivity contribution in [3.05, 3.63) is 0 Å². The molecule has 0 N–H and O–H groups in total. The number of hydrogen-bond acceptors (Lipinski definition) is 4. The van der Waals surface area contributed by atoms with Crippen LogP contribution in [0.1, 0.15) is 6.42 Å². The molecule has 1 heterocycles. The minimum absolute atomic E-state index is 0.0725. The van der Waals surface area contributed by atoms with Crippen molar-refractivity contribution < 1.29 is 13.2 Å². The van der Waals surface area contributed by atoms with Gasteiger partial charge in [-0.1, -0.05) is 0 Å².